The molecule has 0 bridgehead atoms. The Hall–Kier alpha value is -1.27. The Balaban J connectivity index is 3.56. The van der Waals surface area contributed by atoms with E-state index < -0.39 is 20.8 Å². The van der Waals surface area contributed by atoms with Gasteiger partial charge < -0.3 is 10.8 Å². The van der Waals surface area contributed by atoms with Gasteiger partial charge in [-0.2, -0.15) is 8.42 Å². The van der Waals surface area contributed by atoms with E-state index in [1.165, 1.54) is 12.1 Å². The molecular formula is C11H17NO4S. The first kappa shape index (κ1) is 13.8. The molecule has 0 atom stereocenters. The summed E-state index contributed by atoms with van der Waals surface area (Å²) in [6, 6.07) is 2.78. The fraction of sp³-hybridized carbons (Fsp3) is 0.455. The van der Waals surface area contributed by atoms with E-state index in [-0.39, 0.29) is 11.1 Å². The lowest BCUT2D eigenvalue weighted by Crippen LogP contribution is -2.17. The summed E-state index contributed by atoms with van der Waals surface area (Å²) >= 11 is 0. The highest BCUT2D eigenvalue weighted by Crippen LogP contribution is 2.36. The fourth-order valence-corrected chi connectivity index (χ4v) is 2.06. The lowest BCUT2D eigenvalue weighted by molar-refractivity contribution is 0.442. The smallest absolute Gasteiger partial charge is 0.298 e. The van der Waals surface area contributed by atoms with Crippen molar-refractivity contribution < 1.29 is 18.1 Å². The average Bonchev–Trinajstić information content (AvgIpc) is 2.19. The van der Waals surface area contributed by atoms with E-state index in [0.29, 0.717) is 5.56 Å². The van der Waals surface area contributed by atoms with Crippen molar-refractivity contribution in [3.63, 3.8) is 0 Å². The highest BCUT2D eigenvalue weighted by atomic mass is 32.2. The standard InChI is InChI=1S/C11H17NO4S/c1-4-11(2,3)7-5-8(12)10(13)9(6-7)17(14,15)16/h5-6,13H,4,12H2,1-3H3,(H,14,15,16). The molecule has 5 nitrogen and oxygen atoms in total. The quantitative estimate of drug-likeness (QED) is 0.437. The molecule has 1 rings (SSSR count). The summed E-state index contributed by atoms with van der Waals surface area (Å²) in [6.07, 6.45) is 0.766. The maximum Gasteiger partial charge on any atom is 0.298 e. The Morgan fingerprint density at radius 3 is 2.29 bits per heavy atom. The molecule has 0 aliphatic heterocycles. The number of anilines is 1. The van der Waals surface area contributed by atoms with Crippen LogP contribution in [0.2, 0.25) is 0 Å². The summed E-state index contributed by atoms with van der Waals surface area (Å²) in [6.45, 7) is 5.80. The molecule has 0 spiro atoms. The molecule has 0 aliphatic carbocycles. The summed E-state index contributed by atoms with van der Waals surface area (Å²) < 4.78 is 31.2. The van der Waals surface area contributed by atoms with Gasteiger partial charge in [-0.15, -0.1) is 0 Å². The third-order valence-electron chi connectivity index (χ3n) is 3.05. The number of rotatable bonds is 3. The van der Waals surface area contributed by atoms with Gasteiger partial charge in [-0.05, 0) is 29.5 Å². The van der Waals surface area contributed by atoms with Crippen molar-refractivity contribution >= 4 is 15.8 Å². The molecule has 0 radical (unpaired) electrons. The number of hydrogen-bond acceptors (Lipinski definition) is 4. The summed E-state index contributed by atoms with van der Waals surface area (Å²) in [5, 5.41) is 9.53. The van der Waals surface area contributed by atoms with Gasteiger partial charge >= 0.3 is 0 Å². The molecule has 6 heteroatoms. The third kappa shape index (κ3) is 2.70. The molecule has 1 aromatic rings. The molecule has 17 heavy (non-hydrogen) atoms. The first-order chi connectivity index (χ1) is 7.59. The van der Waals surface area contributed by atoms with Crippen LogP contribution < -0.4 is 5.73 Å². The van der Waals surface area contributed by atoms with Gasteiger partial charge in [0.25, 0.3) is 10.1 Å². The van der Waals surface area contributed by atoms with Crippen molar-refractivity contribution in [3.8, 4) is 5.75 Å². The first-order valence-electron chi connectivity index (χ1n) is 5.20. The Kier molecular flexibility index (Phi) is 3.40. The summed E-state index contributed by atoms with van der Waals surface area (Å²) in [7, 11) is -4.48. The van der Waals surface area contributed by atoms with Crippen molar-refractivity contribution in [2.24, 2.45) is 0 Å². The van der Waals surface area contributed by atoms with Crippen molar-refractivity contribution in [3.05, 3.63) is 17.7 Å². The number of aromatic hydroxyl groups is 1. The molecule has 4 N–H and O–H groups in total. The van der Waals surface area contributed by atoms with Crippen molar-refractivity contribution in [2.75, 3.05) is 5.73 Å². The Labute approximate surface area is 101 Å². The van der Waals surface area contributed by atoms with Gasteiger partial charge in [-0.3, -0.25) is 4.55 Å². The van der Waals surface area contributed by atoms with Crippen molar-refractivity contribution in [2.45, 2.75) is 37.5 Å². The van der Waals surface area contributed by atoms with Gasteiger partial charge in [-0.1, -0.05) is 20.8 Å². The van der Waals surface area contributed by atoms with Crippen LogP contribution in [0.15, 0.2) is 17.0 Å². The van der Waals surface area contributed by atoms with Crippen LogP contribution in [0.25, 0.3) is 0 Å². The number of phenols is 1. The molecule has 0 unspecified atom stereocenters. The maximum atomic E-state index is 11.1. The molecule has 0 fully saturated rings. The van der Waals surface area contributed by atoms with Crippen LogP contribution in [0.1, 0.15) is 32.8 Å². The SMILES string of the molecule is CCC(C)(C)c1cc(N)c(O)c(S(=O)(=O)O)c1. The van der Waals surface area contributed by atoms with Crippen LogP contribution in [-0.2, 0) is 15.5 Å². The van der Waals surface area contributed by atoms with Gasteiger partial charge in [0.2, 0.25) is 0 Å². The van der Waals surface area contributed by atoms with E-state index >= 15 is 0 Å². The second-order valence-electron chi connectivity index (χ2n) is 4.62. The maximum absolute atomic E-state index is 11.1. The minimum absolute atomic E-state index is 0.0587. The second-order valence-corrected chi connectivity index (χ2v) is 6.01. The van der Waals surface area contributed by atoms with E-state index in [1.807, 2.05) is 20.8 Å². The van der Waals surface area contributed by atoms with E-state index in [4.69, 9.17) is 10.3 Å². The number of benzene rings is 1. The lowest BCUT2D eigenvalue weighted by atomic mass is 9.82. The van der Waals surface area contributed by atoms with Crippen LogP contribution in [0.5, 0.6) is 5.75 Å². The van der Waals surface area contributed by atoms with Crippen LogP contribution in [0, 0.1) is 0 Å². The predicted molar refractivity (Wildman–Crippen MR) is 65.7 cm³/mol. The highest BCUT2D eigenvalue weighted by molar-refractivity contribution is 7.86. The van der Waals surface area contributed by atoms with E-state index in [9.17, 15) is 13.5 Å². The minimum atomic E-state index is -4.48. The number of phenolic OH excluding ortho intramolecular Hbond substituents is 1. The van der Waals surface area contributed by atoms with Crippen LogP contribution in [0.4, 0.5) is 5.69 Å². The largest absolute Gasteiger partial charge is 0.504 e. The number of nitrogen functional groups attached to an aromatic ring is 1. The van der Waals surface area contributed by atoms with Gasteiger partial charge in [0, 0.05) is 0 Å². The van der Waals surface area contributed by atoms with E-state index in [0.717, 1.165) is 6.42 Å². The van der Waals surface area contributed by atoms with Crippen molar-refractivity contribution in [1.82, 2.24) is 0 Å². The van der Waals surface area contributed by atoms with Gasteiger partial charge in [-0.25, -0.2) is 0 Å². The first-order valence-corrected chi connectivity index (χ1v) is 6.64. The minimum Gasteiger partial charge on any atom is -0.504 e. The predicted octanol–water partition coefficient (Wildman–Crippen LogP) is 1.91. The van der Waals surface area contributed by atoms with Gasteiger partial charge in [0.15, 0.2) is 5.75 Å². The zero-order valence-corrected chi connectivity index (χ0v) is 10.9. The molecule has 96 valence electrons. The van der Waals surface area contributed by atoms with Crippen molar-refractivity contribution in [1.29, 1.82) is 0 Å². The lowest BCUT2D eigenvalue weighted by Gasteiger charge is -2.24. The van der Waals surface area contributed by atoms with Crippen LogP contribution >= 0.6 is 0 Å². The van der Waals surface area contributed by atoms with E-state index in [2.05, 4.69) is 0 Å². The normalized spacial score (nSPS) is 12.7. The monoisotopic (exact) mass is 259 g/mol. The number of nitrogens with two attached hydrogens (primary N) is 1. The Morgan fingerprint density at radius 1 is 1.35 bits per heavy atom. The van der Waals surface area contributed by atoms with E-state index in [1.54, 1.807) is 0 Å². The van der Waals surface area contributed by atoms with Crippen LogP contribution in [0.3, 0.4) is 0 Å². The molecule has 0 amide bonds. The molecule has 1 aromatic carbocycles. The Bertz CT molecular complexity index is 535. The highest BCUT2D eigenvalue weighted by Gasteiger charge is 2.25. The molecule has 0 saturated carbocycles. The third-order valence-corrected chi connectivity index (χ3v) is 3.91. The molecule has 0 aromatic heterocycles. The molecule has 0 heterocycles. The molecular weight excluding hydrogens is 242 g/mol. The zero-order chi connectivity index (χ0) is 13.4. The number of hydrogen-bond donors (Lipinski definition) is 3. The van der Waals surface area contributed by atoms with Gasteiger partial charge in [0.05, 0.1) is 5.69 Å². The fourth-order valence-electron chi connectivity index (χ4n) is 1.42. The second kappa shape index (κ2) is 4.19. The summed E-state index contributed by atoms with van der Waals surface area (Å²) in [5.74, 6) is -0.608. The molecule has 0 saturated heterocycles. The average molecular weight is 259 g/mol. The van der Waals surface area contributed by atoms with Crippen LogP contribution in [-0.4, -0.2) is 18.1 Å². The Morgan fingerprint density at radius 2 is 1.88 bits per heavy atom. The topological polar surface area (TPSA) is 101 Å². The molecule has 0 aliphatic rings. The zero-order valence-electron chi connectivity index (χ0n) is 10.1. The summed E-state index contributed by atoms with van der Waals surface area (Å²) in [4.78, 5) is -0.547. The van der Waals surface area contributed by atoms with Gasteiger partial charge in [0.1, 0.15) is 4.90 Å². The summed E-state index contributed by atoms with van der Waals surface area (Å²) in [5.41, 5.74) is 5.85.